The molecule has 0 amide bonds. The van der Waals surface area contributed by atoms with Crippen LogP contribution in [0.3, 0.4) is 0 Å². The Labute approximate surface area is 157 Å². The van der Waals surface area contributed by atoms with Crippen LogP contribution in [0, 0.1) is 5.82 Å². The zero-order valence-corrected chi connectivity index (χ0v) is 15.5. The average Bonchev–Trinajstić information content (AvgIpc) is 2.70. The van der Waals surface area contributed by atoms with Crippen LogP contribution in [0.5, 0.6) is 0 Å². The maximum atomic E-state index is 13.2. The van der Waals surface area contributed by atoms with E-state index in [0.29, 0.717) is 13.0 Å². The van der Waals surface area contributed by atoms with Gasteiger partial charge in [0.15, 0.2) is 4.90 Å². The summed E-state index contributed by atoms with van der Waals surface area (Å²) in [6.45, 7) is 1.66. The highest BCUT2D eigenvalue weighted by atomic mass is 32.2. The van der Waals surface area contributed by atoms with Crippen molar-refractivity contribution in [2.24, 2.45) is 0 Å². The van der Waals surface area contributed by atoms with Crippen molar-refractivity contribution in [3.8, 4) is 0 Å². The predicted octanol–water partition coefficient (Wildman–Crippen LogP) is 4.04. The molecule has 0 bridgehead atoms. The van der Waals surface area contributed by atoms with Gasteiger partial charge < -0.3 is 9.66 Å². The molecule has 2 atom stereocenters. The van der Waals surface area contributed by atoms with E-state index in [1.165, 1.54) is 12.1 Å². The lowest BCUT2D eigenvalue weighted by molar-refractivity contribution is 0.186. The van der Waals surface area contributed by atoms with Crippen molar-refractivity contribution in [3.63, 3.8) is 0 Å². The largest absolute Gasteiger partial charge is 0.607 e. The van der Waals surface area contributed by atoms with Crippen molar-refractivity contribution in [1.82, 2.24) is 4.90 Å². The molecule has 2 aromatic carbocycles. The minimum absolute atomic E-state index is 0.130. The van der Waals surface area contributed by atoms with Gasteiger partial charge in [0, 0.05) is 43.3 Å². The normalized spacial score (nSPS) is 17.6. The third kappa shape index (κ3) is 4.74. The Hall–Kier alpha value is -1.66. The van der Waals surface area contributed by atoms with Crippen LogP contribution in [0.1, 0.15) is 30.9 Å². The quantitative estimate of drug-likeness (QED) is 0.745. The van der Waals surface area contributed by atoms with E-state index < -0.39 is 11.2 Å². The summed E-state index contributed by atoms with van der Waals surface area (Å²) in [6, 6.07) is 16.3. The average molecular weight is 373 g/mol. The molecule has 138 valence electrons. The summed E-state index contributed by atoms with van der Waals surface area (Å²) in [7, 11) is 0. The molecule has 3 rings (SSSR count). The molecular weight excluding hydrogens is 349 g/mol. The summed E-state index contributed by atoms with van der Waals surface area (Å²) in [5.41, 5.74) is 1.06. The van der Waals surface area contributed by atoms with Crippen molar-refractivity contribution >= 4 is 11.2 Å². The molecule has 5 heteroatoms. The molecule has 0 radical (unpaired) electrons. The summed E-state index contributed by atoms with van der Waals surface area (Å²) >= 11 is -1.11. The molecule has 26 heavy (non-hydrogen) atoms. The van der Waals surface area contributed by atoms with Gasteiger partial charge in [-0.05, 0) is 48.7 Å². The fourth-order valence-electron chi connectivity index (χ4n) is 3.34. The second-order valence-corrected chi connectivity index (χ2v) is 7.96. The fraction of sp³-hybridized carbons (Fsp3) is 0.333. The van der Waals surface area contributed by atoms with Gasteiger partial charge in [-0.3, -0.25) is 4.90 Å². The van der Waals surface area contributed by atoms with Crippen molar-refractivity contribution in [2.45, 2.75) is 30.2 Å². The van der Waals surface area contributed by atoms with E-state index in [-0.39, 0.29) is 18.5 Å². The first-order valence-electron chi connectivity index (χ1n) is 8.95. The van der Waals surface area contributed by atoms with Crippen LogP contribution >= 0.6 is 0 Å². The summed E-state index contributed by atoms with van der Waals surface area (Å²) in [5, 5.41) is 9.21. The Morgan fingerprint density at radius 3 is 2.46 bits per heavy atom. The van der Waals surface area contributed by atoms with Gasteiger partial charge in [-0.25, -0.2) is 4.39 Å². The van der Waals surface area contributed by atoms with E-state index >= 15 is 0 Å². The van der Waals surface area contributed by atoms with Crippen molar-refractivity contribution < 1.29 is 14.0 Å². The Morgan fingerprint density at radius 1 is 1.12 bits per heavy atom. The Morgan fingerprint density at radius 2 is 1.85 bits per heavy atom. The van der Waals surface area contributed by atoms with Gasteiger partial charge in [0.2, 0.25) is 0 Å². The van der Waals surface area contributed by atoms with Gasteiger partial charge in [0.25, 0.3) is 0 Å². The fourth-order valence-corrected chi connectivity index (χ4v) is 4.55. The van der Waals surface area contributed by atoms with Gasteiger partial charge in [-0.15, -0.1) is 0 Å². The van der Waals surface area contributed by atoms with Crippen molar-refractivity contribution in [2.75, 3.05) is 19.7 Å². The molecule has 0 aliphatic carbocycles. The molecule has 0 saturated heterocycles. The standard InChI is InChI=1S/C21H24FNO2S/c22-18-10-8-17(9-11-18)21(7-4-16-24)23-14-12-20(13-15-23)26(25)19-5-2-1-3-6-19/h1-3,5-6,8-12,21,24H,4,7,13-16H2. The second-order valence-electron chi connectivity index (χ2n) is 6.43. The lowest BCUT2D eigenvalue weighted by Crippen LogP contribution is -2.34. The van der Waals surface area contributed by atoms with E-state index in [1.54, 1.807) is 0 Å². The highest BCUT2D eigenvalue weighted by molar-refractivity contribution is 7.95. The number of rotatable bonds is 7. The first-order chi connectivity index (χ1) is 12.7. The molecule has 1 aliphatic heterocycles. The minimum atomic E-state index is -1.11. The molecule has 0 fully saturated rings. The van der Waals surface area contributed by atoms with Crippen LogP contribution < -0.4 is 0 Å². The number of nitrogens with zero attached hydrogens (tertiary/aromatic N) is 1. The van der Waals surface area contributed by atoms with Crippen molar-refractivity contribution in [3.05, 3.63) is 77.0 Å². The van der Waals surface area contributed by atoms with Crippen LogP contribution in [0.15, 0.2) is 70.5 Å². The maximum Gasteiger partial charge on any atom is 0.158 e. The van der Waals surface area contributed by atoms with Gasteiger partial charge in [0.05, 0.1) is 0 Å². The first kappa shape index (κ1) is 19.1. The minimum Gasteiger partial charge on any atom is -0.607 e. The third-order valence-electron chi connectivity index (χ3n) is 4.73. The van der Waals surface area contributed by atoms with E-state index in [0.717, 1.165) is 34.8 Å². The molecule has 3 nitrogen and oxygen atoms in total. The number of halogens is 1. The van der Waals surface area contributed by atoms with Gasteiger partial charge in [-0.1, -0.05) is 30.3 Å². The van der Waals surface area contributed by atoms with E-state index in [1.807, 2.05) is 42.5 Å². The number of hydrogen-bond acceptors (Lipinski definition) is 3. The highest BCUT2D eigenvalue weighted by Crippen LogP contribution is 2.31. The van der Waals surface area contributed by atoms with E-state index in [2.05, 4.69) is 11.0 Å². The van der Waals surface area contributed by atoms with Gasteiger partial charge >= 0.3 is 0 Å². The number of benzene rings is 2. The van der Waals surface area contributed by atoms with Crippen molar-refractivity contribution in [1.29, 1.82) is 0 Å². The number of aliphatic hydroxyl groups excluding tert-OH is 1. The number of aliphatic hydroxyl groups is 1. The maximum absolute atomic E-state index is 13.2. The summed E-state index contributed by atoms with van der Waals surface area (Å²) in [6.07, 6.45) is 4.32. The molecule has 1 heterocycles. The molecule has 2 unspecified atom stereocenters. The number of hydrogen-bond donors (Lipinski definition) is 1. The molecule has 0 saturated carbocycles. The van der Waals surface area contributed by atoms with Gasteiger partial charge in [0.1, 0.15) is 10.7 Å². The summed E-state index contributed by atoms with van der Waals surface area (Å²) in [5.74, 6) is -0.242. The Balaban J connectivity index is 1.72. The lowest BCUT2D eigenvalue weighted by Gasteiger charge is -2.34. The smallest absolute Gasteiger partial charge is 0.158 e. The third-order valence-corrected chi connectivity index (χ3v) is 6.27. The monoisotopic (exact) mass is 373 g/mol. The van der Waals surface area contributed by atoms with Crippen LogP contribution in [0.2, 0.25) is 0 Å². The van der Waals surface area contributed by atoms with Crippen LogP contribution in [0.4, 0.5) is 4.39 Å². The topological polar surface area (TPSA) is 46.5 Å². The second kappa shape index (κ2) is 9.33. The van der Waals surface area contributed by atoms with E-state index in [9.17, 15) is 14.0 Å². The summed E-state index contributed by atoms with van der Waals surface area (Å²) < 4.78 is 26.0. The Bertz CT molecular complexity index is 721. The zero-order valence-electron chi connectivity index (χ0n) is 14.7. The Kier molecular flexibility index (Phi) is 6.86. The zero-order chi connectivity index (χ0) is 18.4. The molecule has 0 spiro atoms. The molecule has 2 aromatic rings. The molecular formula is C21H24FNO2S. The first-order valence-corrected chi connectivity index (χ1v) is 10.1. The highest BCUT2D eigenvalue weighted by Gasteiger charge is 2.27. The van der Waals surface area contributed by atoms with Gasteiger partial charge in [-0.2, -0.15) is 0 Å². The SMILES string of the molecule is [O-][S+](C1=CCN(C(CCCO)c2ccc(F)cc2)CC1)c1ccccc1. The molecule has 1 aliphatic rings. The summed E-state index contributed by atoms with van der Waals surface area (Å²) in [4.78, 5) is 4.12. The molecule has 1 N–H and O–H groups in total. The van der Waals surface area contributed by atoms with Crippen LogP contribution in [0.25, 0.3) is 0 Å². The van der Waals surface area contributed by atoms with E-state index in [4.69, 9.17) is 0 Å². The molecule has 0 aromatic heterocycles. The van der Waals surface area contributed by atoms with Crippen LogP contribution in [-0.4, -0.2) is 34.3 Å². The van der Waals surface area contributed by atoms with Crippen LogP contribution in [-0.2, 0) is 11.2 Å². The lowest BCUT2D eigenvalue weighted by atomic mass is 9.99. The predicted molar refractivity (Wildman–Crippen MR) is 103 cm³/mol.